The fraction of sp³-hybridized carbons (Fsp3) is 0.0909. The third-order valence-corrected chi connectivity index (χ3v) is 4.48. The van der Waals surface area contributed by atoms with Crippen LogP contribution >= 0.6 is 0 Å². The number of rotatable bonds is 4. The highest BCUT2D eigenvalue weighted by Gasteiger charge is 2.10. The van der Waals surface area contributed by atoms with Crippen LogP contribution in [0, 0.1) is 6.92 Å². The molecule has 0 saturated carbocycles. The Morgan fingerprint density at radius 2 is 1.73 bits per heavy atom. The number of carbonyl (C=O) groups is 1. The van der Waals surface area contributed by atoms with Crippen LogP contribution in [-0.2, 0) is 6.54 Å². The van der Waals surface area contributed by atoms with E-state index in [9.17, 15) is 4.79 Å². The minimum absolute atomic E-state index is 0.140. The second-order valence-corrected chi connectivity index (χ2v) is 6.31. The molecule has 0 atom stereocenters. The molecule has 3 aromatic carbocycles. The minimum Gasteiger partial charge on any atom is -0.305 e. The van der Waals surface area contributed by atoms with Crippen molar-refractivity contribution in [1.29, 1.82) is 0 Å². The quantitative estimate of drug-likeness (QED) is 0.587. The van der Waals surface area contributed by atoms with Crippen molar-refractivity contribution in [3.63, 3.8) is 0 Å². The van der Waals surface area contributed by atoms with Gasteiger partial charge in [0.15, 0.2) is 5.82 Å². The van der Waals surface area contributed by atoms with Gasteiger partial charge >= 0.3 is 0 Å². The standard InChI is InChI=1S/C22H19N3O/c1-16-7-2-4-11-19(16)22(26)23-21-13-14-25(24-21)15-18-10-6-9-17-8-3-5-12-20(17)18/h2-14H,15H2,1H3,(H,23,24,26). The zero-order valence-electron chi connectivity index (χ0n) is 14.5. The first-order valence-corrected chi connectivity index (χ1v) is 8.58. The molecule has 0 saturated heterocycles. The van der Waals surface area contributed by atoms with E-state index in [1.807, 2.05) is 60.3 Å². The van der Waals surface area contributed by atoms with Gasteiger partial charge in [0.2, 0.25) is 0 Å². The van der Waals surface area contributed by atoms with Crippen molar-refractivity contribution in [2.75, 3.05) is 5.32 Å². The summed E-state index contributed by atoms with van der Waals surface area (Å²) in [6.07, 6.45) is 1.88. The zero-order chi connectivity index (χ0) is 17.9. The molecule has 26 heavy (non-hydrogen) atoms. The topological polar surface area (TPSA) is 46.9 Å². The van der Waals surface area contributed by atoms with Gasteiger partial charge in [-0.2, -0.15) is 5.10 Å². The molecule has 0 fully saturated rings. The summed E-state index contributed by atoms with van der Waals surface area (Å²) in [6, 6.07) is 23.9. The van der Waals surface area contributed by atoms with Crippen LogP contribution in [0.25, 0.3) is 10.8 Å². The highest BCUT2D eigenvalue weighted by molar-refractivity contribution is 6.04. The van der Waals surface area contributed by atoms with Crippen LogP contribution in [0.15, 0.2) is 79.0 Å². The Bertz CT molecular complexity index is 1080. The largest absolute Gasteiger partial charge is 0.305 e. The number of nitrogens with zero attached hydrogens (tertiary/aromatic N) is 2. The molecule has 0 spiro atoms. The molecule has 4 aromatic rings. The van der Waals surface area contributed by atoms with E-state index in [4.69, 9.17) is 0 Å². The number of hydrogen-bond donors (Lipinski definition) is 1. The van der Waals surface area contributed by atoms with E-state index in [1.54, 1.807) is 0 Å². The lowest BCUT2D eigenvalue weighted by Crippen LogP contribution is -2.14. The normalized spacial score (nSPS) is 10.8. The smallest absolute Gasteiger partial charge is 0.257 e. The summed E-state index contributed by atoms with van der Waals surface area (Å²) in [7, 11) is 0. The summed E-state index contributed by atoms with van der Waals surface area (Å²) < 4.78 is 1.84. The van der Waals surface area contributed by atoms with Crippen LogP contribution in [0.4, 0.5) is 5.82 Å². The van der Waals surface area contributed by atoms with Crippen LogP contribution in [0.3, 0.4) is 0 Å². The van der Waals surface area contributed by atoms with Crippen LogP contribution in [0.2, 0.25) is 0 Å². The number of anilines is 1. The van der Waals surface area contributed by atoms with Crippen LogP contribution in [0.5, 0.6) is 0 Å². The van der Waals surface area contributed by atoms with Crippen molar-refractivity contribution in [2.45, 2.75) is 13.5 Å². The highest BCUT2D eigenvalue weighted by Crippen LogP contribution is 2.19. The number of nitrogens with one attached hydrogen (secondary N) is 1. The van der Waals surface area contributed by atoms with E-state index in [1.165, 1.54) is 16.3 Å². The van der Waals surface area contributed by atoms with E-state index in [-0.39, 0.29) is 5.91 Å². The summed E-state index contributed by atoms with van der Waals surface area (Å²) in [6.45, 7) is 2.58. The monoisotopic (exact) mass is 341 g/mol. The zero-order valence-corrected chi connectivity index (χ0v) is 14.5. The second-order valence-electron chi connectivity index (χ2n) is 6.31. The maximum atomic E-state index is 12.4. The average Bonchev–Trinajstić information content (AvgIpc) is 3.09. The molecule has 4 nitrogen and oxygen atoms in total. The third kappa shape index (κ3) is 3.22. The van der Waals surface area contributed by atoms with Gasteiger partial charge in [0, 0.05) is 17.8 Å². The summed E-state index contributed by atoms with van der Waals surface area (Å²) in [4.78, 5) is 12.4. The van der Waals surface area contributed by atoms with Gasteiger partial charge in [-0.25, -0.2) is 0 Å². The van der Waals surface area contributed by atoms with Gasteiger partial charge in [0.05, 0.1) is 6.54 Å². The number of aryl methyl sites for hydroxylation is 1. The summed E-state index contributed by atoms with van der Waals surface area (Å²) >= 11 is 0. The van der Waals surface area contributed by atoms with Crippen molar-refractivity contribution in [1.82, 2.24) is 9.78 Å². The van der Waals surface area contributed by atoms with Gasteiger partial charge in [0.25, 0.3) is 5.91 Å². The Morgan fingerprint density at radius 3 is 2.62 bits per heavy atom. The summed E-state index contributed by atoms with van der Waals surface area (Å²) in [5.41, 5.74) is 2.80. The van der Waals surface area contributed by atoms with Gasteiger partial charge in [-0.15, -0.1) is 0 Å². The van der Waals surface area contributed by atoms with E-state index in [2.05, 4.69) is 40.7 Å². The number of amides is 1. The third-order valence-electron chi connectivity index (χ3n) is 4.48. The molecule has 1 aromatic heterocycles. The Labute approximate surface area is 152 Å². The van der Waals surface area contributed by atoms with Gasteiger partial charge in [-0.3, -0.25) is 9.48 Å². The molecule has 0 aliphatic heterocycles. The molecule has 0 aliphatic carbocycles. The maximum absolute atomic E-state index is 12.4. The fourth-order valence-corrected chi connectivity index (χ4v) is 3.13. The SMILES string of the molecule is Cc1ccccc1C(=O)Nc1ccn(Cc2cccc3ccccc23)n1. The first-order chi connectivity index (χ1) is 12.7. The van der Waals surface area contributed by atoms with Crippen molar-refractivity contribution >= 4 is 22.5 Å². The van der Waals surface area contributed by atoms with Crippen molar-refractivity contribution in [2.24, 2.45) is 0 Å². The van der Waals surface area contributed by atoms with E-state index < -0.39 is 0 Å². The summed E-state index contributed by atoms with van der Waals surface area (Å²) in [5.74, 6) is 0.414. The number of aromatic nitrogens is 2. The highest BCUT2D eigenvalue weighted by atomic mass is 16.1. The maximum Gasteiger partial charge on any atom is 0.257 e. The predicted molar refractivity (Wildman–Crippen MR) is 104 cm³/mol. The molecule has 4 heteroatoms. The fourth-order valence-electron chi connectivity index (χ4n) is 3.13. The van der Waals surface area contributed by atoms with Crippen LogP contribution in [-0.4, -0.2) is 15.7 Å². The van der Waals surface area contributed by atoms with Gasteiger partial charge in [-0.05, 0) is 34.9 Å². The van der Waals surface area contributed by atoms with E-state index in [0.29, 0.717) is 17.9 Å². The molecular formula is C22H19N3O. The Kier molecular flexibility index (Phi) is 4.23. The number of hydrogen-bond acceptors (Lipinski definition) is 2. The molecule has 0 bridgehead atoms. The lowest BCUT2D eigenvalue weighted by atomic mass is 10.0. The van der Waals surface area contributed by atoms with Gasteiger partial charge in [0.1, 0.15) is 0 Å². The molecule has 128 valence electrons. The van der Waals surface area contributed by atoms with Crippen molar-refractivity contribution in [3.8, 4) is 0 Å². The predicted octanol–water partition coefficient (Wildman–Crippen LogP) is 4.65. The Balaban J connectivity index is 1.53. The van der Waals surface area contributed by atoms with Gasteiger partial charge < -0.3 is 5.32 Å². The first kappa shape index (κ1) is 16.1. The molecule has 1 heterocycles. The molecule has 0 unspecified atom stereocenters. The molecule has 1 amide bonds. The molecular weight excluding hydrogens is 322 g/mol. The van der Waals surface area contributed by atoms with Gasteiger partial charge in [-0.1, -0.05) is 60.7 Å². The van der Waals surface area contributed by atoms with Crippen LogP contribution < -0.4 is 5.32 Å². The number of carbonyl (C=O) groups excluding carboxylic acids is 1. The number of fused-ring (bicyclic) bond motifs is 1. The molecule has 4 rings (SSSR count). The van der Waals surface area contributed by atoms with Crippen molar-refractivity contribution in [3.05, 3.63) is 95.7 Å². The molecule has 1 N–H and O–H groups in total. The average molecular weight is 341 g/mol. The lowest BCUT2D eigenvalue weighted by Gasteiger charge is -2.07. The number of benzene rings is 3. The van der Waals surface area contributed by atoms with E-state index in [0.717, 1.165) is 5.56 Å². The minimum atomic E-state index is -0.140. The van der Waals surface area contributed by atoms with Crippen LogP contribution in [0.1, 0.15) is 21.5 Å². The van der Waals surface area contributed by atoms with Crippen molar-refractivity contribution < 1.29 is 4.79 Å². The Hall–Kier alpha value is -3.40. The Morgan fingerprint density at radius 1 is 0.962 bits per heavy atom. The molecule has 0 aliphatic rings. The first-order valence-electron chi connectivity index (χ1n) is 8.58. The lowest BCUT2D eigenvalue weighted by molar-refractivity contribution is 0.102. The summed E-state index contributed by atoms with van der Waals surface area (Å²) in [5, 5.41) is 9.80. The van der Waals surface area contributed by atoms with E-state index >= 15 is 0 Å². The molecule has 0 radical (unpaired) electrons. The second kappa shape index (κ2) is 6.84.